The van der Waals surface area contributed by atoms with E-state index in [1.165, 1.54) is 0 Å². The second kappa shape index (κ2) is 9.48. The molecule has 0 heterocycles. The smallest absolute Gasteiger partial charge is 0.307 e. The maximum Gasteiger partial charge on any atom is 0.307 e. The van der Waals surface area contributed by atoms with E-state index in [-0.39, 0.29) is 31.8 Å². The van der Waals surface area contributed by atoms with E-state index in [9.17, 15) is 19.3 Å². The molecule has 1 rings (SSSR count). The van der Waals surface area contributed by atoms with E-state index in [0.717, 1.165) is 5.56 Å². The summed E-state index contributed by atoms with van der Waals surface area (Å²) < 4.78 is 18.6. The molecule has 0 saturated heterocycles. The Kier molecular flexibility index (Phi) is 8.00. The second-order valence-corrected chi connectivity index (χ2v) is 8.01. The number of aliphatic carboxylic acids is 2. The van der Waals surface area contributed by atoms with Crippen LogP contribution in [0, 0.1) is 5.92 Å². The molecule has 2 atom stereocenters. The van der Waals surface area contributed by atoms with Crippen molar-refractivity contribution in [3.05, 3.63) is 35.9 Å². The summed E-state index contributed by atoms with van der Waals surface area (Å²) in [6.07, 6.45) is 0.357. The molecule has 1 aromatic rings. The van der Waals surface area contributed by atoms with Gasteiger partial charge in [-0.05, 0) is 18.4 Å². The minimum Gasteiger partial charge on any atom is -0.481 e. The summed E-state index contributed by atoms with van der Waals surface area (Å²) in [6.45, 7) is 2.17. The van der Waals surface area contributed by atoms with E-state index in [1.54, 1.807) is 0 Å². The first-order valence-electron chi connectivity index (χ1n) is 7.57. The highest BCUT2D eigenvalue weighted by Crippen LogP contribution is 2.52. The predicted molar refractivity (Wildman–Crippen MR) is 86.9 cm³/mol. The summed E-state index contributed by atoms with van der Waals surface area (Å²) in [5, 5.41) is 18.0. The first-order valence-corrected chi connectivity index (χ1v) is 9.57. The molecule has 0 aliphatic rings. The van der Waals surface area contributed by atoms with E-state index >= 15 is 0 Å². The Morgan fingerprint density at radius 3 is 2.39 bits per heavy atom. The zero-order valence-corrected chi connectivity index (χ0v) is 14.1. The van der Waals surface area contributed by atoms with Gasteiger partial charge in [-0.2, -0.15) is 0 Å². The molecule has 0 spiro atoms. The van der Waals surface area contributed by atoms with E-state index in [0.29, 0.717) is 6.42 Å². The number of benzene rings is 1. The molecule has 0 aromatic heterocycles. The molecule has 6 nitrogen and oxygen atoms in total. The van der Waals surface area contributed by atoms with E-state index in [4.69, 9.17) is 9.63 Å². The summed E-state index contributed by atoms with van der Waals surface area (Å²) in [5.41, 5.74) is 0.814. The van der Waals surface area contributed by atoms with E-state index in [2.05, 4.69) is 0 Å². The van der Waals surface area contributed by atoms with Crippen LogP contribution in [0.15, 0.2) is 30.3 Å². The molecule has 0 fully saturated rings. The Morgan fingerprint density at radius 2 is 1.87 bits per heavy atom. The van der Waals surface area contributed by atoms with Gasteiger partial charge in [0.05, 0.1) is 12.5 Å². The molecule has 0 saturated carbocycles. The minimum absolute atomic E-state index is 0.0566. The van der Waals surface area contributed by atoms with Gasteiger partial charge in [-0.25, -0.2) is 0 Å². The highest BCUT2D eigenvalue weighted by atomic mass is 31.2. The topological polar surface area (TPSA) is 101 Å². The summed E-state index contributed by atoms with van der Waals surface area (Å²) in [7, 11) is -3.20. The summed E-state index contributed by atoms with van der Waals surface area (Å²) in [4.78, 5) is 22.0. The maximum atomic E-state index is 13.1. The van der Waals surface area contributed by atoms with Gasteiger partial charge in [0.2, 0.25) is 7.37 Å². The van der Waals surface area contributed by atoms with Crippen LogP contribution in [0.2, 0.25) is 0 Å². The monoisotopic (exact) mass is 342 g/mol. The van der Waals surface area contributed by atoms with Crippen molar-refractivity contribution >= 4 is 19.3 Å². The molecule has 0 aliphatic heterocycles. The van der Waals surface area contributed by atoms with Crippen LogP contribution in [0.3, 0.4) is 0 Å². The highest BCUT2D eigenvalue weighted by Gasteiger charge is 2.32. The van der Waals surface area contributed by atoms with Gasteiger partial charge in [0.25, 0.3) is 0 Å². The van der Waals surface area contributed by atoms with Gasteiger partial charge in [-0.15, -0.1) is 0 Å². The Hall–Kier alpha value is -1.65. The van der Waals surface area contributed by atoms with Crippen molar-refractivity contribution < 1.29 is 28.9 Å². The zero-order valence-electron chi connectivity index (χ0n) is 13.2. The number of rotatable bonds is 11. The molecule has 128 valence electrons. The lowest BCUT2D eigenvalue weighted by molar-refractivity contribution is -0.142. The molecule has 23 heavy (non-hydrogen) atoms. The molecule has 2 N–H and O–H groups in total. The highest BCUT2D eigenvalue weighted by molar-refractivity contribution is 7.58. The van der Waals surface area contributed by atoms with Crippen LogP contribution in [0.1, 0.15) is 31.7 Å². The third kappa shape index (κ3) is 7.44. The number of hydrogen-bond donors (Lipinski definition) is 2. The van der Waals surface area contributed by atoms with Crippen molar-refractivity contribution in [2.24, 2.45) is 5.92 Å². The predicted octanol–water partition coefficient (Wildman–Crippen LogP) is 3.46. The third-order valence-corrected chi connectivity index (χ3v) is 5.85. The zero-order chi connectivity index (χ0) is 17.3. The van der Waals surface area contributed by atoms with Gasteiger partial charge in [0, 0.05) is 18.7 Å². The SMILES string of the molecule is CCCOP(=O)(Cc1ccccc1)CC(CCC(=O)O)C(=O)O. The second-order valence-electron chi connectivity index (χ2n) is 5.44. The van der Waals surface area contributed by atoms with Crippen LogP contribution in [0.25, 0.3) is 0 Å². The van der Waals surface area contributed by atoms with Crippen molar-refractivity contribution in [2.75, 3.05) is 12.8 Å². The Labute approximate surface area is 135 Å². The van der Waals surface area contributed by atoms with Crippen molar-refractivity contribution in [2.45, 2.75) is 32.3 Å². The standard InChI is InChI=1S/C16H23O6P/c1-2-10-22-23(21,11-13-6-4-3-5-7-13)12-14(16(19)20)8-9-15(17)18/h3-7,14H,2,8-12H2,1H3,(H,17,18)(H,19,20). The van der Waals surface area contributed by atoms with Crippen molar-refractivity contribution in [1.82, 2.24) is 0 Å². The Balaban J connectivity index is 2.87. The normalized spacial score (nSPS) is 14.8. The lowest BCUT2D eigenvalue weighted by Gasteiger charge is -2.22. The quantitative estimate of drug-likeness (QED) is 0.597. The van der Waals surface area contributed by atoms with Crippen LogP contribution in [-0.2, 0) is 24.8 Å². The van der Waals surface area contributed by atoms with E-state index < -0.39 is 25.2 Å². The minimum atomic E-state index is -3.20. The largest absolute Gasteiger partial charge is 0.481 e. The molecule has 2 unspecified atom stereocenters. The van der Waals surface area contributed by atoms with Crippen LogP contribution in [0.5, 0.6) is 0 Å². The number of carboxylic acids is 2. The number of hydrogen-bond acceptors (Lipinski definition) is 4. The first kappa shape index (κ1) is 19.4. The molecule has 0 bridgehead atoms. The first-order chi connectivity index (χ1) is 10.9. The summed E-state index contributed by atoms with van der Waals surface area (Å²) in [6, 6.07) is 9.11. The average molecular weight is 342 g/mol. The lowest BCUT2D eigenvalue weighted by atomic mass is 10.1. The molecule has 0 aliphatic carbocycles. The Bertz CT molecular complexity index is 557. The van der Waals surface area contributed by atoms with Gasteiger partial charge in [-0.1, -0.05) is 37.3 Å². The number of carboxylic acid groups (broad SMARTS) is 2. The van der Waals surface area contributed by atoms with Crippen LogP contribution >= 0.6 is 7.37 Å². The Morgan fingerprint density at radius 1 is 1.22 bits per heavy atom. The van der Waals surface area contributed by atoms with Crippen molar-refractivity contribution in [1.29, 1.82) is 0 Å². The maximum absolute atomic E-state index is 13.1. The molecule has 7 heteroatoms. The average Bonchev–Trinajstić information content (AvgIpc) is 2.50. The summed E-state index contributed by atoms with van der Waals surface area (Å²) >= 11 is 0. The fraction of sp³-hybridized carbons (Fsp3) is 0.500. The van der Waals surface area contributed by atoms with Crippen LogP contribution in [-0.4, -0.2) is 34.9 Å². The van der Waals surface area contributed by atoms with Crippen LogP contribution in [0.4, 0.5) is 0 Å². The molecule has 0 radical (unpaired) electrons. The lowest BCUT2D eigenvalue weighted by Crippen LogP contribution is -2.20. The van der Waals surface area contributed by atoms with E-state index in [1.807, 2.05) is 37.3 Å². The fourth-order valence-corrected chi connectivity index (χ4v) is 4.83. The van der Waals surface area contributed by atoms with Crippen molar-refractivity contribution in [3.8, 4) is 0 Å². The van der Waals surface area contributed by atoms with Gasteiger partial charge < -0.3 is 14.7 Å². The van der Waals surface area contributed by atoms with Gasteiger partial charge in [0.15, 0.2) is 0 Å². The number of carbonyl (C=O) groups is 2. The summed E-state index contributed by atoms with van der Waals surface area (Å²) in [5.74, 6) is -3.19. The van der Waals surface area contributed by atoms with Gasteiger partial charge >= 0.3 is 11.9 Å². The molecular formula is C16H23O6P. The van der Waals surface area contributed by atoms with Gasteiger partial charge in [-0.3, -0.25) is 14.2 Å². The third-order valence-electron chi connectivity index (χ3n) is 3.35. The van der Waals surface area contributed by atoms with Gasteiger partial charge in [0.1, 0.15) is 0 Å². The molecular weight excluding hydrogens is 319 g/mol. The fourth-order valence-electron chi connectivity index (χ4n) is 2.21. The van der Waals surface area contributed by atoms with Crippen LogP contribution < -0.4 is 0 Å². The van der Waals surface area contributed by atoms with Crippen molar-refractivity contribution in [3.63, 3.8) is 0 Å². The molecule has 0 amide bonds. The molecule has 1 aromatic carbocycles.